The number of likely N-dealkylation sites (N-methyl/N-ethyl adjacent to an activating group) is 1. The third-order valence-corrected chi connectivity index (χ3v) is 3.09. The fraction of sp³-hybridized carbons (Fsp3) is 0.538. The highest BCUT2D eigenvalue weighted by Crippen LogP contribution is 2.24. The summed E-state index contributed by atoms with van der Waals surface area (Å²) in [5.74, 6) is 0. The van der Waals surface area contributed by atoms with E-state index in [2.05, 4.69) is 5.32 Å². The monoisotopic (exact) mass is 255 g/mol. The van der Waals surface area contributed by atoms with E-state index in [1.807, 2.05) is 31.3 Å². The molecular weight excluding hydrogens is 238 g/mol. The van der Waals surface area contributed by atoms with Gasteiger partial charge < -0.3 is 14.8 Å². The van der Waals surface area contributed by atoms with Crippen molar-refractivity contribution in [3.63, 3.8) is 0 Å². The van der Waals surface area contributed by atoms with Crippen LogP contribution in [-0.4, -0.2) is 32.9 Å². The van der Waals surface area contributed by atoms with Crippen LogP contribution in [0, 0.1) is 0 Å². The number of rotatable bonds is 5. The zero-order valence-corrected chi connectivity index (χ0v) is 10.7. The standard InChI is InChI=1S/C13H18ClNO2/c1-15-8-13(17-12-5-6-16-9-12)10-3-2-4-11(14)7-10/h2-4,7,12-13,15H,5-6,8-9H2,1H3. The zero-order chi connectivity index (χ0) is 12.1. The Bertz CT molecular complexity index is 353. The predicted octanol–water partition coefficient (Wildman–Crippen LogP) is 2.41. The molecule has 4 heteroatoms. The highest BCUT2D eigenvalue weighted by Gasteiger charge is 2.21. The molecule has 3 nitrogen and oxygen atoms in total. The van der Waals surface area contributed by atoms with Crippen LogP contribution in [0.1, 0.15) is 18.1 Å². The zero-order valence-electron chi connectivity index (χ0n) is 9.99. The van der Waals surface area contributed by atoms with E-state index in [9.17, 15) is 0 Å². The van der Waals surface area contributed by atoms with Crippen molar-refractivity contribution in [3.8, 4) is 0 Å². The van der Waals surface area contributed by atoms with Crippen molar-refractivity contribution in [1.82, 2.24) is 5.32 Å². The molecule has 0 amide bonds. The van der Waals surface area contributed by atoms with Gasteiger partial charge in [0, 0.05) is 18.2 Å². The molecule has 2 rings (SSSR count). The van der Waals surface area contributed by atoms with Gasteiger partial charge in [-0.3, -0.25) is 0 Å². The molecule has 0 radical (unpaired) electrons. The van der Waals surface area contributed by atoms with Crippen LogP contribution < -0.4 is 5.32 Å². The van der Waals surface area contributed by atoms with E-state index in [0.29, 0.717) is 6.61 Å². The molecular formula is C13H18ClNO2. The molecule has 1 aromatic carbocycles. The van der Waals surface area contributed by atoms with E-state index in [4.69, 9.17) is 21.1 Å². The Morgan fingerprint density at radius 3 is 3.12 bits per heavy atom. The van der Waals surface area contributed by atoms with Crippen LogP contribution in [0.3, 0.4) is 0 Å². The van der Waals surface area contributed by atoms with Gasteiger partial charge in [-0.1, -0.05) is 23.7 Å². The smallest absolute Gasteiger partial charge is 0.0954 e. The summed E-state index contributed by atoms with van der Waals surface area (Å²) >= 11 is 6.01. The van der Waals surface area contributed by atoms with Gasteiger partial charge in [0.05, 0.1) is 18.8 Å². The molecule has 0 bridgehead atoms. The first-order valence-electron chi connectivity index (χ1n) is 5.93. The van der Waals surface area contributed by atoms with E-state index < -0.39 is 0 Å². The Morgan fingerprint density at radius 2 is 2.47 bits per heavy atom. The molecule has 0 spiro atoms. The maximum absolute atomic E-state index is 6.05. The average molecular weight is 256 g/mol. The van der Waals surface area contributed by atoms with Gasteiger partial charge in [-0.25, -0.2) is 0 Å². The van der Waals surface area contributed by atoms with Crippen molar-refractivity contribution in [2.75, 3.05) is 26.8 Å². The molecule has 1 fully saturated rings. The van der Waals surface area contributed by atoms with Crippen LogP contribution in [0.5, 0.6) is 0 Å². The quantitative estimate of drug-likeness (QED) is 0.877. The van der Waals surface area contributed by atoms with Crippen molar-refractivity contribution in [3.05, 3.63) is 34.9 Å². The number of hydrogen-bond donors (Lipinski definition) is 1. The molecule has 1 aliphatic rings. The summed E-state index contributed by atoms with van der Waals surface area (Å²) in [6, 6.07) is 7.83. The normalized spacial score (nSPS) is 21.6. The second-order valence-electron chi connectivity index (χ2n) is 4.22. The van der Waals surface area contributed by atoms with E-state index in [0.717, 1.165) is 30.2 Å². The summed E-state index contributed by atoms with van der Waals surface area (Å²) in [6.07, 6.45) is 1.21. The van der Waals surface area contributed by atoms with Crippen molar-refractivity contribution < 1.29 is 9.47 Å². The fourth-order valence-corrected chi connectivity index (χ4v) is 2.19. The molecule has 0 aliphatic carbocycles. The molecule has 17 heavy (non-hydrogen) atoms. The van der Waals surface area contributed by atoms with Gasteiger partial charge in [0.1, 0.15) is 0 Å². The van der Waals surface area contributed by atoms with Gasteiger partial charge >= 0.3 is 0 Å². The van der Waals surface area contributed by atoms with Crippen LogP contribution in [0.4, 0.5) is 0 Å². The lowest BCUT2D eigenvalue weighted by Gasteiger charge is -2.21. The van der Waals surface area contributed by atoms with Crippen molar-refractivity contribution >= 4 is 11.6 Å². The summed E-state index contributed by atoms with van der Waals surface area (Å²) in [4.78, 5) is 0. The number of benzene rings is 1. The first-order chi connectivity index (χ1) is 8.29. The molecule has 0 saturated carbocycles. The highest BCUT2D eigenvalue weighted by atomic mass is 35.5. The highest BCUT2D eigenvalue weighted by molar-refractivity contribution is 6.30. The third kappa shape index (κ3) is 3.68. The lowest BCUT2D eigenvalue weighted by Crippen LogP contribution is -2.25. The summed E-state index contributed by atoms with van der Waals surface area (Å²) < 4.78 is 11.4. The second kappa shape index (κ2) is 6.36. The molecule has 1 saturated heterocycles. The summed E-state index contributed by atoms with van der Waals surface area (Å²) in [6.45, 7) is 2.27. The Balaban J connectivity index is 2.04. The first kappa shape index (κ1) is 12.8. The molecule has 1 N–H and O–H groups in total. The van der Waals surface area contributed by atoms with Crippen LogP contribution in [-0.2, 0) is 9.47 Å². The Kier molecular flexibility index (Phi) is 4.80. The molecule has 2 atom stereocenters. The van der Waals surface area contributed by atoms with Crippen molar-refractivity contribution in [2.45, 2.75) is 18.6 Å². The molecule has 1 aliphatic heterocycles. The number of ether oxygens (including phenoxy) is 2. The number of halogens is 1. The summed E-state index contributed by atoms with van der Waals surface area (Å²) in [5, 5.41) is 3.90. The lowest BCUT2D eigenvalue weighted by molar-refractivity contribution is -0.0156. The predicted molar refractivity (Wildman–Crippen MR) is 68.4 cm³/mol. The van der Waals surface area contributed by atoms with E-state index in [1.54, 1.807) is 0 Å². The van der Waals surface area contributed by atoms with Crippen molar-refractivity contribution in [2.24, 2.45) is 0 Å². The minimum absolute atomic E-state index is 0.0328. The summed E-state index contributed by atoms with van der Waals surface area (Å²) in [5.41, 5.74) is 1.11. The molecule has 94 valence electrons. The summed E-state index contributed by atoms with van der Waals surface area (Å²) in [7, 11) is 1.92. The Hall–Kier alpha value is -0.610. The van der Waals surface area contributed by atoms with Gasteiger partial charge in [-0.15, -0.1) is 0 Å². The van der Waals surface area contributed by atoms with Gasteiger partial charge in [-0.05, 0) is 31.2 Å². The first-order valence-corrected chi connectivity index (χ1v) is 6.30. The molecule has 0 aromatic heterocycles. The largest absolute Gasteiger partial charge is 0.379 e. The second-order valence-corrected chi connectivity index (χ2v) is 4.66. The number of nitrogens with one attached hydrogen (secondary N) is 1. The van der Waals surface area contributed by atoms with Crippen LogP contribution in [0.2, 0.25) is 5.02 Å². The van der Waals surface area contributed by atoms with Crippen molar-refractivity contribution in [1.29, 1.82) is 0 Å². The maximum atomic E-state index is 6.05. The van der Waals surface area contributed by atoms with Gasteiger partial charge in [-0.2, -0.15) is 0 Å². The van der Waals surface area contributed by atoms with E-state index in [-0.39, 0.29) is 12.2 Å². The minimum Gasteiger partial charge on any atom is -0.379 e. The molecule has 1 aromatic rings. The van der Waals surface area contributed by atoms with Gasteiger partial charge in [0.15, 0.2) is 0 Å². The maximum Gasteiger partial charge on any atom is 0.0954 e. The molecule has 1 heterocycles. The number of hydrogen-bond acceptors (Lipinski definition) is 3. The Labute approximate surface area is 107 Å². The third-order valence-electron chi connectivity index (χ3n) is 2.85. The Morgan fingerprint density at radius 1 is 1.59 bits per heavy atom. The van der Waals surface area contributed by atoms with Gasteiger partial charge in [0.2, 0.25) is 0 Å². The average Bonchev–Trinajstić information content (AvgIpc) is 2.81. The minimum atomic E-state index is 0.0328. The van der Waals surface area contributed by atoms with E-state index in [1.165, 1.54) is 0 Å². The van der Waals surface area contributed by atoms with Crippen LogP contribution in [0.25, 0.3) is 0 Å². The fourth-order valence-electron chi connectivity index (χ4n) is 1.99. The van der Waals surface area contributed by atoms with Crippen LogP contribution in [0.15, 0.2) is 24.3 Å². The van der Waals surface area contributed by atoms with Gasteiger partial charge in [0.25, 0.3) is 0 Å². The lowest BCUT2D eigenvalue weighted by atomic mass is 10.1. The molecule has 2 unspecified atom stereocenters. The van der Waals surface area contributed by atoms with Crippen LogP contribution >= 0.6 is 11.6 Å². The topological polar surface area (TPSA) is 30.5 Å². The SMILES string of the molecule is CNCC(OC1CCOC1)c1cccc(Cl)c1. The van der Waals surface area contributed by atoms with E-state index >= 15 is 0 Å².